The standard InChI is InChI=1S/C14H13BrFNOS/c1-17(13-4-3-11(15)8-12(13)16)14(18)5-2-10-6-7-19-9-10/h3-4,6-9H,2,5H2,1H3. The van der Waals surface area contributed by atoms with Gasteiger partial charge in [-0.2, -0.15) is 11.3 Å². The molecule has 0 saturated heterocycles. The monoisotopic (exact) mass is 341 g/mol. The lowest BCUT2D eigenvalue weighted by molar-refractivity contribution is -0.118. The van der Waals surface area contributed by atoms with Crippen LogP contribution in [0.2, 0.25) is 0 Å². The Morgan fingerprint density at radius 1 is 1.42 bits per heavy atom. The number of rotatable bonds is 4. The first-order valence-electron chi connectivity index (χ1n) is 5.80. The zero-order valence-corrected chi connectivity index (χ0v) is 12.8. The molecule has 100 valence electrons. The van der Waals surface area contributed by atoms with Gasteiger partial charge in [0.05, 0.1) is 5.69 Å². The number of hydrogen-bond donors (Lipinski definition) is 0. The number of halogens is 2. The van der Waals surface area contributed by atoms with Gasteiger partial charge in [-0.1, -0.05) is 15.9 Å². The van der Waals surface area contributed by atoms with Crippen molar-refractivity contribution in [3.8, 4) is 0 Å². The molecule has 0 bridgehead atoms. The minimum Gasteiger partial charge on any atom is -0.313 e. The molecule has 0 unspecified atom stereocenters. The average Bonchev–Trinajstić information content (AvgIpc) is 2.88. The molecule has 1 aromatic carbocycles. The number of hydrogen-bond acceptors (Lipinski definition) is 2. The van der Waals surface area contributed by atoms with E-state index in [1.54, 1.807) is 30.5 Å². The van der Waals surface area contributed by atoms with Crippen molar-refractivity contribution in [2.24, 2.45) is 0 Å². The van der Waals surface area contributed by atoms with Gasteiger partial charge in [-0.3, -0.25) is 4.79 Å². The summed E-state index contributed by atoms with van der Waals surface area (Å²) in [5, 5.41) is 4.01. The Hall–Kier alpha value is -1.20. The number of aryl methyl sites for hydroxylation is 1. The summed E-state index contributed by atoms with van der Waals surface area (Å²) in [5.74, 6) is -0.492. The van der Waals surface area contributed by atoms with E-state index in [4.69, 9.17) is 0 Å². The summed E-state index contributed by atoms with van der Waals surface area (Å²) in [4.78, 5) is 13.4. The maximum atomic E-state index is 13.8. The summed E-state index contributed by atoms with van der Waals surface area (Å²) in [6.45, 7) is 0. The van der Waals surface area contributed by atoms with Gasteiger partial charge in [0, 0.05) is 17.9 Å². The number of carbonyl (C=O) groups is 1. The summed E-state index contributed by atoms with van der Waals surface area (Å²) in [7, 11) is 1.60. The zero-order chi connectivity index (χ0) is 13.8. The Bertz CT molecular complexity index is 571. The first-order valence-corrected chi connectivity index (χ1v) is 7.54. The van der Waals surface area contributed by atoms with Crippen molar-refractivity contribution in [2.45, 2.75) is 12.8 Å². The van der Waals surface area contributed by atoms with Gasteiger partial charge >= 0.3 is 0 Å². The van der Waals surface area contributed by atoms with Crippen LogP contribution in [0.1, 0.15) is 12.0 Å². The number of benzene rings is 1. The number of anilines is 1. The minimum absolute atomic E-state index is 0.0903. The van der Waals surface area contributed by atoms with Gasteiger partial charge in [0.15, 0.2) is 0 Å². The smallest absolute Gasteiger partial charge is 0.227 e. The van der Waals surface area contributed by atoms with Crippen LogP contribution < -0.4 is 4.90 Å². The third-order valence-electron chi connectivity index (χ3n) is 2.85. The van der Waals surface area contributed by atoms with Crippen LogP contribution in [-0.2, 0) is 11.2 Å². The lowest BCUT2D eigenvalue weighted by atomic mass is 10.1. The fourth-order valence-electron chi connectivity index (χ4n) is 1.74. The molecule has 5 heteroatoms. The molecule has 0 atom stereocenters. The molecule has 0 radical (unpaired) electrons. The largest absolute Gasteiger partial charge is 0.313 e. The predicted molar refractivity (Wildman–Crippen MR) is 80.2 cm³/mol. The highest BCUT2D eigenvalue weighted by molar-refractivity contribution is 9.10. The quantitative estimate of drug-likeness (QED) is 0.814. The van der Waals surface area contributed by atoms with Crippen molar-refractivity contribution in [1.29, 1.82) is 0 Å². The molecule has 0 fully saturated rings. The Labute approximate surface area is 124 Å². The van der Waals surface area contributed by atoms with Gasteiger partial charge < -0.3 is 4.90 Å². The Kier molecular flexibility index (Phi) is 4.71. The van der Waals surface area contributed by atoms with Crippen molar-refractivity contribution >= 4 is 38.9 Å². The van der Waals surface area contributed by atoms with Crippen molar-refractivity contribution in [3.05, 3.63) is 50.9 Å². The molecule has 0 spiro atoms. The Morgan fingerprint density at radius 3 is 2.84 bits per heavy atom. The predicted octanol–water partition coefficient (Wildman–Crippen LogP) is 4.25. The van der Waals surface area contributed by atoms with Crippen molar-refractivity contribution < 1.29 is 9.18 Å². The molecule has 1 heterocycles. The molecule has 19 heavy (non-hydrogen) atoms. The number of carbonyl (C=O) groups excluding carboxylic acids is 1. The van der Waals surface area contributed by atoms with Crippen LogP contribution in [0, 0.1) is 5.82 Å². The summed E-state index contributed by atoms with van der Waals surface area (Å²) < 4.78 is 14.4. The SMILES string of the molecule is CN(C(=O)CCc1ccsc1)c1ccc(Br)cc1F. The molecule has 2 aromatic rings. The summed E-state index contributed by atoms with van der Waals surface area (Å²) in [6.07, 6.45) is 1.06. The maximum Gasteiger partial charge on any atom is 0.227 e. The maximum absolute atomic E-state index is 13.8. The van der Waals surface area contributed by atoms with Crippen molar-refractivity contribution in [3.63, 3.8) is 0 Å². The van der Waals surface area contributed by atoms with E-state index in [0.717, 1.165) is 5.56 Å². The lowest BCUT2D eigenvalue weighted by Gasteiger charge is -2.18. The van der Waals surface area contributed by atoms with Crippen LogP contribution in [0.4, 0.5) is 10.1 Å². The fourth-order valence-corrected chi connectivity index (χ4v) is 2.78. The highest BCUT2D eigenvalue weighted by atomic mass is 79.9. The van der Waals surface area contributed by atoms with Crippen molar-refractivity contribution in [1.82, 2.24) is 0 Å². The minimum atomic E-state index is -0.402. The highest BCUT2D eigenvalue weighted by Gasteiger charge is 2.14. The van der Waals surface area contributed by atoms with E-state index < -0.39 is 5.82 Å². The second-order valence-electron chi connectivity index (χ2n) is 4.18. The highest BCUT2D eigenvalue weighted by Crippen LogP contribution is 2.23. The third-order valence-corrected chi connectivity index (χ3v) is 4.08. The van der Waals surface area contributed by atoms with Gasteiger partial charge in [-0.25, -0.2) is 4.39 Å². The lowest BCUT2D eigenvalue weighted by Crippen LogP contribution is -2.27. The fraction of sp³-hybridized carbons (Fsp3) is 0.214. The molecule has 0 N–H and O–H groups in total. The molecule has 1 aromatic heterocycles. The van der Waals surface area contributed by atoms with E-state index in [9.17, 15) is 9.18 Å². The van der Waals surface area contributed by atoms with Gasteiger partial charge in [-0.05, 0) is 47.0 Å². The topological polar surface area (TPSA) is 20.3 Å². The molecule has 2 nitrogen and oxygen atoms in total. The summed E-state index contributed by atoms with van der Waals surface area (Å²) in [5.41, 5.74) is 1.45. The third kappa shape index (κ3) is 3.64. The molecular formula is C14H13BrFNOS. The number of thiophene rings is 1. The van der Waals surface area contributed by atoms with E-state index in [1.807, 2.05) is 16.8 Å². The van der Waals surface area contributed by atoms with Gasteiger partial charge in [0.1, 0.15) is 5.82 Å². The van der Waals surface area contributed by atoms with E-state index >= 15 is 0 Å². The van der Waals surface area contributed by atoms with Gasteiger partial charge in [-0.15, -0.1) is 0 Å². The van der Waals surface area contributed by atoms with Crippen molar-refractivity contribution in [2.75, 3.05) is 11.9 Å². The molecule has 0 saturated carbocycles. The molecule has 0 aliphatic carbocycles. The van der Waals surface area contributed by atoms with Crippen LogP contribution in [0.15, 0.2) is 39.5 Å². The summed E-state index contributed by atoms with van der Waals surface area (Å²) >= 11 is 4.81. The first kappa shape index (κ1) is 14.2. The van der Waals surface area contributed by atoms with Crippen LogP contribution in [0.5, 0.6) is 0 Å². The van der Waals surface area contributed by atoms with Crippen LogP contribution in [0.25, 0.3) is 0 Å². The first-order chi connectivity index (χ1) is 9.08. The van der Waals surface area contributed by atoms with Crippen LogP contribution in [-0.4, -0.2) is 13.0 Å². The number of amides is 1. The normalized spacial score (nSPS) is 10.5. The molecule has 0 aliphatic rings. The zero-order valence-electron chi connectivity index (χ0n) is 10.4. The van der Waals surface area contributed by atoms with Gasteiger partial charge in [0.2, 0.25) is 5.91 Å². The molecule has 2 rings (SSSR count). The summed E-state index contributed by atoms with van der Waals surface area (Å²) in [6, 6.07) is 6.68. The molecular weight excluding hydrogens is 329 g/mol. The second-order valence-corrected chi connectivity index (χ2v) is 5.88. The van der Waals surface area contributed by atoms with E-state index in [1.165, 1.54) is 11.0 Å². The van der Waals surface area contributed by atoms with Crippen LogP contribution in [0.3, 0.4) is 0 Å². The molecule has 0 aliphatic heterocycles. The Morgan fingerprint density at radius 2 is 2.21 bits per heavy atom. The Balaban J connectivity index is 2.02. The van der Waals surface area contributed by atoms with Gasteiger partial charge in [0.25, 0.3) is 0 Å². The van der Waals surface area contributed by atoms with E-state index in [-0.39, 0.29) is 5.91 Å². The average molecular weight is 342 g/mol. The van der Waals surface area contributed by atoms with Crippen LogP contribution >= 0.6 is 27.3 Å². The second kappa shape index (κ2) is 6.30. The van der Waals surface area contributed by atoms with E-state index in [0.29, 0.717) is 23.0 Å². The number of nitrogens with zero attached hydrogens (tertiary/aromatic N) is 1. The van der Waals surface area contributed by atoms with E-state index in [2.05, 4.69) is 15.9 Å². The molecule has 1 amide bonds.